The summed E-state index contributed by atoms with van der Waals surface area (Å²) in [6.07, 6.45) is 2.70. The van der Waals surface area contributed by atoms with Gasteiger partial charge in [0.1, 0.15) is 0 Å². The fourth-order valence-electron chi connectivity index (χ4n) is 2.63. The molecule has 0 bridgehead atoms. The number of hydrogen-bond acceptors (Lipinski definition) is 3. The zero-order valence-corrected chi connectivity index (χ0v) is 17.1. The molecule has 4 heteroatoms. The fourth-order valence-corrected chi connectivity index (χ4v) is 2.63. The van der Waals surface area contributed by atoms with Crippen molar-refractivity contribution < 1.29 is 14.4 Å². The maximum absolute atomic E-state index is 11.9. The molecule has 1 atom stereocenters. The number of imide groups is 1. The van der Waals surface area contributed by atoms with Crippen LogP contribution in [0.1, 0.15) is 81.8 Å². The van der Waals surface area contributed by atoms with Crippen LogP contribution in [-0.2, 0) is 9.59 Å². The number of hydrogen-bond donors (Lipinski definition) is 1. The van der Waals surface area contributed by atoms with Gasteiger partial charge in [0, 0.05) is 24.3 Å². The van der Waals surface area contributed by atoms with Gasteiger partial charge in [0.2, 0.25) is 11.8 Å². The SMILES string of the molecule is C=C(C)c1c(C)cccc1C(=O)CCC.CC.CC1CCC(=O)NC1=O. The van der Waals surface area contributed by atoms with Gasteiger partial charge in [0.05, 0.1) is 0 Å². The normalized spacial score (nSPS) is 15.7. The van der Waals surface area contributed by atoms with Gasteiger partial charge in [-0.2, -0.15) is 0 Å². The van der Waals surface area contributed by atoms with E-state index in [2.05, 4.69) is 11.9 Å². The molecular weight excluding hydrogens is 326 g/mol. The number of rotatable bonds is 4. The molecule has 144 valence electrons. The minimum absolute atomic E-state index is 0.0164. The number of piperidine rings is 1. The summed E-state index contributed by atoms with van der Waals surface area (Å²) in [4.78, 5) is 33.0. The lowest BCUT2D eigenvalue weighted by atomic mass is 9.93. The van der Waals surface area contributed by atoms with Gasteiger partial charge in [-0.1, -0.05) is 58.0 Å². The Labute approximate surface area is 158 Å². The number of benzene rings is 1. The molecule has 26 heavy (non-hydrogen) atoms. The van der Waals surface area contributed by atoms with Gasteiger partial charge in [-0.05, 0) is 37.8 Å². The smallest absolute Gasteiger partial charge is 0.229 e. The van der Waals surface area contributed by atoms with E-state index < -0.39 is 0 Å². The molecule has 2 amide bonds. The third-order valence-corrected chi connectivity index (χ3v) is 3.99. The van der Waals surface area contributed by atoms with E-state index in [-0.39, 0.29) is 23.5 Å². The van der Waals surface area contributed by atoms with Crippen molar-refractivity contribution >= 4 is 23.2 Å². The summed E-state index contributed by atoms with van der Waals surface area (Å²) in [5, 5.41) is 2.25. The molecule has 1 N–H and O–H groups in total. The molecule has 4 nitrogen and oxygen atoms in total. The summed E-state index contributed by atoms with van der Waals surface area (Å²) in [5.74, 6) is -0.0359. The van der Waals surface area contributed by atoms with Crippen LogP contribution in [0.4, 0.5) is 0 Å². The first-order chi connectivity index (χ1) is 12.3. The highest BCUT2D eigenvalue weighted by Gasteiger charge is 2.21. The lowest BCUT2D eigenvalue weighted by Crippen LogP contribution is -2.39. The Bertz CT molecular complexity index is 647. The maximum Gasteiger partial charge on any atom is 0.229 e. The van der Waals surface area contributed by atoms with Crippen LogP contribution >= 0.6 is 0 Å². The Balaban J connectivity index is 0.000000484. The molecular formula is C22H33NO3. The van der Waals surface area contributed by atoms with Crippen LogP contribution in [0.25, 0.3) is 5.57 Å². The highest BCUT2D eigenvalue weighted by Crippen LogP contribution is 2.23. The first-order valence-electron chi connectivity index (χ1n) is 9.40. The van der Waals surface area contributed by atoms with Gasteiger partial charge in [0.15, 0.2) is 5.78 Å². The Morgan fingerprint density at radius 3 is 2.35 bits per heavy atom. The van der Waals surface area contributed by atoms with Crippen LogP contribution in [-0.4, -0.2) is 17.6 Å². The van der Waals surface area contributed by atoms with E-state index in [4.69, 9.17) is 0 Å². The van der Waals surface area contributed by atoms with Gasteiger partial charge < -0.3 is 0 Å². The maximum atomic E-state index is 11.9. The third-order valence-electron chi connectivity index (χ3n) is 3.99. The van der Waals surface area contributed by atoms with Crippen LogP contribution in [0.5, 0.6) is 0 Å². The quantitative estimate of drug-likeness (QED) is 0.601. The second-order valence-electron chi connectivity index (χ2n) is 6.30. The largest absolute Gasteiger partial charge is 0.296 e. The topological polar surface area (TPSA) is 63.2 Å². The van der Waals surface area contributed by atoms with Gasteiger partial charge in [0.25, 0.3) is 0 Å². The number of ketones is 1. The minimum Gasteiger partial charge on any atom is -0.296 e. The number of nitrogens with one attached hydrogen (secondary N) is 1. The second kappa shape index (κ2) is 12.2. The molecule has 0 saturated carbocycles. The summed E-state index contributed by atoms with van der Waals surface area (Å²) in [5.41, 5.74) is 3.94. The number of Topliss-reactive ketones (excluding diaryl/α,β-unsaturated/α-hetero) is 1. The molecule has 0 radical (unpaired) electrons. The van der Waals surface area contributed by atoms with Crippen molar-refractivity contribution in [3.63, 3.8) is 0 Å². The van der Waals surface area contributed by atoms with Crippen molar-refractivity contribution in [2.75, 3.05) is 0 Å². The number of carbonyl (C=O) groups excluding carboxylic acids is 3. The molecule has 1 heterocycles. The molecule has 1 saturated heterocycles. The number of allylic oxidation sites excluding steroid dienone is 1. The second-order valence-corrected chi connectivity index (χ2v) is 6.30. The fraction of sp³-hybridized carbons (Fsp3) is 0.500. The van der Waals surface area contributed by atoms with E-state index in [9.17, 15) is 14.4 Å². The van der Waals surface area contributed by atoms with Gasteiger partial charge in [-0.25, -0.2) is 0 Å². The highest BCUT2D eigenvalue weighted by atomic mass is 16.2. The van der Waals surface area contributed by atoms with Crippen LogP contribution in [0.2, 0.25) is 0 Å². The standard InChI is InChI=1S/C14H18O.C6H9NO2.C2H6/c1-5-7-13(15)12-9-6-8-11(4)14(12)10(2)3;1-4-2-3-5(8)7-6(4)9;1-2/h6,8-9H,2,5,7H2,1,3-4H3;4H,2-3H2,1H3,(H,7,8,9);1-2H3. The molecule has 1 unspecified atom stereocenters. The average Bonchev–Trinajstić information content (AvgIpc) is 2.60. The Morgan fingerprint density at radius 1 is 1.27 bits per heavy atom. The summed E-state index contributed by atoms with van der Waals surface area (Å²) in [6.45, 7) is 15.8. The summed E-state index contributed by atoms with van der Waals surface area (Å²) in [7, 11) is 0. The van der Waals surface area contributed by atoms with Crippen molar-refractivity contribution in [2.24, 2.45) is 5.92 Å². The van der Waals surface area contributed by atoms with Crippen LogP contribution in [0.3, 0.4) is 0 Å². The Hall–Kier alpha value is -2.23. The van der Waals surface area contributed by atoms with Crippen molar-refractivity contribution in [3.05, 3.63) is 41.5 Å². The Kier molecular flexibility index (Phi) is 11.1. The lowest BCUT2D eigenvalue weighted by Gasteiger charge is -2.15. The van der Waals surface area contributed by atoms with E-state index in [1.54, 1.807) is 0 Å². The lowest BCUT2D eigenvalue weighted by molar-refractivity contribution is -0.135. The van der Waals surface area contributed by atoms with Crippen LogP contribution < -0.4 is 5.32 Å². The first-order valence-corrected chi connectivity index (χ1v) is 9.40. The molecule has 0 aliphatic carbocycles. The van der Waals surface area contributed by atoms with E-state index in [0.29, 0.717) is 19.3 Å². The van der Waals surface area contributed by atoms with Crippen molar-refractivity contribution in [1.82, 2.24) is 5.32 Å². The van der Waals surface area contributed by atoms with Crippen LogP contribution in [0, 0.1) is 12.8 Å². The Morgan fingerprint density at radius 2 is 1.88 bits per heavy atom. The van der Waals surface area contributed by atoms with Crippen molar-refractivity contribution in [1.29, 1.82) is 0 Å². The molecule has 1 aromatic carbocycles. The third kappa shape index (κ3) is 7.34. The predicted octanol–water partition coefficient (Wildman–Crippen LogP) is 5.10. The summed E-state index contributed by atoms with van der Waals surface area (Å²) in [6, 6.07) is 5.85. The summed E-state index contributed by atoms with van der Waals surface area (Å²) < 4.78 is 0. The first kappa shape index (κ1) is 23.8. The minimum atomic E-state index is -0.141. The average molecular weight is 360 g/mol. The molecule has 0 aromatic heterocycles. The van der Waals surface area contributed by atoms with Crippen molar-refractivity contribution in [3.8, 4) is 0 Å². The van der Waals surface area contributed by atoms with E-state index >= 15 is 0 Å². The molecule has 1 aliphatic rings. The van der Waals surface area contributed by atoms with Crippen LogP contribution in [0.15, 0.2) is 24.8 Å². The highest BCUT2D eigenvalue weighted by molar-refractivity contribution is 6.01. The number of carbonyl (C=O) groups is 3. The van der Waals surface area contributed by atoms with E-state index in [1.807, 2.05) is 59.7 Å². The molecule has 2 rings (SSSR count). The number of amides is 2. The predicted molar refractivity (Wildman–Crippen MR) is 108 cm³/mol. The molecule has 1 aliphatic heterocycles. The van der Waals surface area contributed by atoms with Gasteiger partial charge in [-0.15, -0.1) is 0 Å². The van der Waals surface area contributed by atoms with Gasteiger partial charge >= 0.3 is 0 Å². The molecule has 0 spiro atoms. The number of aryl methyl sites for hydroxylation is 1. The summed E-state index contributed by atoms with van der Waals surface area (Å²) >= 11 is 0. The van der Waals surface area contributed by atoms with E-state index in [0.717, 1.165) is 28.7 Å². The van der Waals surface area contributed by atoms with E-state index in [1.165, 1.54) is 0 Å². The molecule has 1 aromatic rings. The van der Waals surface area contributed by atoms with Gasteiger partial charge in [-0.3, -0.25) is 19.7 Å². The molecule has 1 fully saturated rings. The zero-order valence-electron chi connectivity index (χ0n) is 17.1. The van der Waals surface area contributed by atoms with Crippen molar-refractivity contribution in [2.45, 2.75) is 67.2 Å². The zero-order chi connectivity index (χ0) is 20.3. The monoisotopic (exact) mass is 359 g/mol.